The van der Waals surface area contributed by atoms with Crippen LogP contribution in [0.4, 0.5) is 0 Å². The molecule has 0 aromatic rings. The zero-order valence-corrected chi connectivity index (χ0v) is 14.4. The molecule has 0 aromatic carbocycles. The molecule has 1 heterocycles. The molecule has 0 aliphatic carbocycles. The lowest BCUT2D eigenvalue weighted by atomic mass is 10.1. The van der Waals surface area contributed by atoms with Gasteiger partial charge in [-0.05, 0) is 45.9 Å². The van der Waals surface area contributed by atoms with Gasteiger partial charge < -0.3 is 0 Å². The smallest absolute Gasteiger partial charge is 0.123 e. The number of allylic oxidation sites excluding steroid dienone is 1. The molecule has 0 aromatic heterocycles. The summed E-state index contributed by atoms with van der Waals surface area (Å²) in [5.41, 5.74) is 0. The highest BCUT2D eigenvalue weighted by Gasteiger charge is 2.18. The second kappa shape index (κ2) is 10.1. The average molecular weight is 334 g/mol. The van der Waals surface area contributed by atoms with Gasteiger partial charge >= 0.3 is 0 Å². The third-order valence-electron chi connectivity index (χ3n) is 3.41. The Morgan fingerprint density at radius 2 is 1.67 bits per heavy atom. The van der Waals surface area contributed by atoms with Crippen LogP contribution in [-0.2, 0) is 0 Å². The number of hydrogen-bond acceptors (Lipinski definition) is 1. The normalized spacial score (nSPS) is 20.9. The van der Waals surface area contributed by atoms with Crippen molar-refractivity contribution < 1.29 is 0 Å². The topological polar surface area (TPSA) is 12.4 Å². The van der Waals surface area contributed by atoms with Crippen LogP contribution in [0.25, 0.3) is 0 Å². The fourth-order valence-electron chi connectivity index (χ4n) is 2.23. The molecular formula is C15H28BrNS. The first-order chi connectivity index (χ1) is 8.79. The van der Waals surface area contributed by atoms with E-state index < -0.39 is 0 Å². The van der Waals surface area contributed by atoms with E-state index in [0.29, 0.717) is 0 Å². The predicted octanol–water partition coefficient (Wildman–Crippen LogP) is 6.14. The van der Waals surface area contributed by atoms with E-state index in [1.807, 2.05) is 0 Å². The lowest BCUT2D eigenvalue weighted by Gasteiger charge is -2.19. The van der Waals surface area contributed by atoms with Crippen molar-refractivity contribution in [3.05, 3.63) is 11.1 Å². The van der Waals surface area contributed by atoms with Crippen LogP contribution < -0.4 is 0 Å². The quantitative estimate of drug-likeness (QED) is 0.364. The van der Waals surface area contributed by atoms with E-state index in [1.54, 1.807) is 4.91 Å². The molecule has 0 amide bonds. The van der Waals surface area contributed by atoms with Crippen molar-refractivity contribution in [3.63, 3.8) is 0 Å². The fraction of sp³-hybridized carbons (Fsp3) is 0.800. The molecule has 0 spiro atoms. The van der Waals surface area contributed by atoms with Crippen LogP contribution in [0.5, 0.6) is 0 Å². The van der Waals surface area contributed by atoms with Crippen LogP contribution in [0, 0.1) is 0 Å². The molecule has 106 valence electrons. The van der Waals surface area contributed by atoms with Gasteiger partial charge in [0.1, 0.15) is 3.95 Å². The second-order valence-electron chi connectivity index (χ2n) is 5.04. The molecule has 1 atom stereocenters. The van der Waals surface area contributed by atoms with E-state index in [2.05, 4.69) is 41.0 Å². The van der Waals surface area contributed by atoms with E-state index in [4.69, 9.17) is 0 Å². The Hall–Kier alpha value is 0.240. The molecule has 1 rings (SSSR count). The predicted molar refractivity (Wildman–Crippen MR) is 91.2 cm³/mol. The number of rotatable bonds is 10. The molecular weight excluding hydrogens is 306 g/mol. The number of halogens is 1. The molecule has 0 fully saturated rings. The van der Waals surface area contributed by atoms with Gasteiger partial charge in [-0.1, -0.05) is 52.4 Å². The highest BCUT2D eigenvalue weighted by atomic mass is 79.9. The zero-order valence-electron chi connectivity index (χ0n) is 11.9. The van der Waals surface area contributed by atoms with E-state index in [0.717, 1.165) is 0 Å². The third-order valence-corrected chi connectivity index (χ3v) is 7.26. The number of unbranched alkanes of at least 4 members (excludes halogenated alkanes) is 6. The highest BCUT2D eigenvalue weighted by Crippen LogP contribution is 2.46. The number of nitrogens with zero attached hydrogens (tertiary/aromatic N) is 1. The molecule has 0 saturated carbocycles. The molecule has 0 N–H and O–H groups in total. The lowest BCUT2D eigenvalue weighted by molar-refractivity contribution is 0.627. The van der Waals surface area contributed by atoms with Gasteiger partial charge in [0, 0.05) is 6.20 Å². The fourth-order valence-corrected chi connectivity index (χ4v) is 5.62. The van der Waals surface area contributed by atoms with Crippen LogP contribution in [0.2, 0.25) is 0 Å². The van der Waals surface area contributed by atoms with Gasteiger partial charge in [-0.25, -0.2) is 4.99 Å². The summed E-state index contributed by atoms with van der Waals surface area (Å²) in [6, 6.07) is 0. The Kier molecular flexibility index (Phi) is 9.12. The summed E-state index contributed by atoms with van der Waals surface area (Å²) in [6.07, 6.45) is 14.4. The maximum atomic E-state index is 4.48. The minimum Gasteiger partial charge on any atom is -0.243 e. The van der Waals surface area contributed by atoms with Gasteiger partial charge in [0.15, 0.2) is 0 Å². The Labute approximate surface area is 124 Å². The Morgan fingerprint density at radius 3 is 2.39 bits per heavy atom. The summed E-state index contributed by atoms with van der Waals surface area (Å²) in [6.45, 7) is 4.54. The minimum absolute atomic E-state index is 0.0781. The van der Waals surface area contributed by atoms with Crippen molar-refractivity contribution >= 4 is 30.8 Å². The van der Waals surface area contributed by atoms with E-state index in [-0.39, 0.29) is 10.9 Å². The Morgan fingerprint density at radius 1 is 1.00 bits per heavy atom. The maximum Gasteiger partial charge on any atom is 0.123 e. The van der Waals surface area contributed by atoms with Crippen LogP contribution in [0.3, 0.4) is 0 Å². The molecule has 18 heavy (non-hydrogen) atoms. The first-order valence-electron chi connectivity index (χ1n) is 7.49. The number of aliphatic imine (C=N–C) groups is 1. The SMILES string of the molecule is CCCCCCCC[SH]1C(CCCC)=CN=C1Br. The van der Waals surface area contributed by atoms with Crippen molar-refractivity contribution in [1.82, 2.24) is 0 Å². The summed E-state index contributed by atoms with van der Waals surface area (Å²) in [7, 11) is -0.0781. The second-order valence-corrected chi connectivity index (χ2v) is 8.71. The van der Waals surface area contributed by atoms with Crippen LogP contribution in [0.15, 0.2) is 16.1 Å². The van der Waals surface area contributed by atoms with Gasteiger partial charge in [0.25, 0.3) is 0 Å². The van der Waals surface area contributed by atoms with Crippen molar-refractivity contribution in [2.45, 2.75) is 71.6 Å². The first kappa shape index (κ1) is 16.3. The van der Waals surface area contributed by atoms with E-state index in [9.17, 15) is 0 Å². The van der Waals surface area contributed by atoms with Crippen molar-refractivity contribution in [2.24, 2.45) is 4.99 Å². The van der Waals surface area contributed by atoms with E-state index in [1.165, 1.54) is 67.5 Å². The molecule has 0 saturated heterocycles. The monoisotopic (exact) mass is 333 g/mol. The molecule has 1 unspecified atom stereocenters. The maximum absolute atomic E-state index is 4.48. The lowest BCUT2D eigenvalue weighted by Crippen LogP contribution is -1.96. The molecule has 0 bridgehead atoms. The summed E-state index contributed by atoms with van der Waals surface area (Å²) in [5.74, 6) is 1.35. The average Bonchev–Trinajstić information content (AvgIpc) is 2.72. The standard InChI is InChI=1S/C15H28BrNS/c1-3-5-7-8-9-10-12-18-14(11-6-4-2)13-17-15(18)16/h13,18H,3-12H2,1-2H3. The zero-order chi connectivity index (χ0) is 13.2. The molecule has 0 radical (unpaired) electrons. The van der Waals surface area contributed by atoms with Crippen LogP contribution in [-0.4, -0.2) is 9.71 Å². The van der Waals surface area contributed by atoms with Gasteiger partial charge in [-0.3, -0.25) is 0 Å². The highest BCUT2D eigenvalue weighted by molar-refractivity contribution is 9.22. The summed E-state index contributed by atoms with van der Waals surface area (Å²) in [4.78, 5) is 6.10. The summed E-state index contributed by atoms with van der Waals surface area (Å²) in [5, 5.41) is 0. The van der Waals surface area contributed by atoms with Gasteiger partial charge in [0.05, 0.1) is 0 Å². The van der Waals surface area contributed by atoms with Gasteiger partial charge in [0.2, 0.25) is 0 Å². The molecule has 3 heteroatoms. The molecule has 1 nitrogen and oxygen atoms in total. The van der Waals surface area contributed by atoms with E-state index >= 15 is 0 Å². The number of hydrogen-bond donors (Lipinski definition) is 1. The van der Waals surface area contributed by atoms with Gasteiger partial charge in [-0.15, -0.1) is 0 Å². The Bertz CT molecular complexity index is 286. The van der Waals surface area contributed by atoms with Crippen molar-refractivity contribution in [2.75, 3.05) is 5.75 Å². The summed E-state index contributed by atoms with van der Waals surface area (Å²) < 4.78 is 1.23. The largest absolute Gasteiger partial charge is 0.243 e. The Balaban J connectivity index is 2.18. The molecule has 1 aliphatic heterocycles. The van der Waals surface area contributed by atoms with Gasteiger partial charge in [-0.2, -0.15) is 10.9 Å². The van der Waals surface area contributed by atoms with Crippen molar-refractivity contribution in [1.29, 1.82) is 0 Å². The summed E-state index contributed by atoms with van der Waals surface area (Å²) >= 11 is 3.66. The van der Waals surface area contributed by atoms with Crippen LogP contribution in [0.1, 0.15) is 71.6 Å². The minimum atomic E-state index is -0.0781. The molecule has 1 aliphatic rings. The van der Waals surface area contributed by atoms with Crippen molar-refractivity contribution in [3.8, 4) is 0 Å². The third kappa shape index (κ3) is 5.92. The number of thiol groups is 1. The first-order valence-corrected chi connectivity index (χ1v) is 9.81. The van der Waals surface area contributed by atoms with Crippen LogP contribution >= 0.6 is 26.8 Å².